The van der Waals surface area contributed by atoms with Crippen molar-refractivity contribution in [1.82, 2.24) is 9.97 Å². The van der Waals surface area contributed by atoms with E-state index < -0.39 is 7.14 Å². The van der Waals surface area contributed by atoms with Crippen molar-refractivity contribution in [2.45, 2.75) is 0 Å². The fourth-order valence-electron chi connectivity index (χ4n) is 8.59. The minimum atomic E-state index is -3.11. The van der Waals surface area contributed by atoms with Gasteiger partial charge in [0.05, 0.1) is 11.4 Å². The molecule has 61 heavy (non-hydrogen) atoms. The van der Waals surface area contributed by atoms with E-state index in [1.165, 1.54) is 0 Å². The van der Waals surface area contributed by atoms with Gasteiger partial charge in [-0.15, -0.1) is 0 Å². The lowest BCUT2D eigenvalue weighted by atomic mass is 9.93. The molecule has 9 aromatic carbocycles. The van der Waals surface area contributed by atoms with Crippen LogP contribution in [0.15, 0.2) is 229 Å². The molecule has 0 radical (unpaired) electrons. The molecule has 11 aromatic rings. The first kappa shape index (κ1) is 36.4. The zero-order valence-corrected chi connectivity index (χ0v) is 33.9. The summed E-state index contributed by atoms with van der Waals surface area (Å²) in [5, 5.41) is 6.69. The monoisotopic (exact) mass is 800 g/mol. The molecule has 0 aliphatic carbocycles. The molecule has 0 bridgehead atoms. The number of fused-ring (bicyclic) bond motifs is 5. The lowest BCUT2D eigenvalue weighted by Gasteiger charge is -2.20. The number of nitrogens with zero attached hydrogens (tertiary/aromatic N) is 2. The summed E-state index contributed by atoms with van der Waals surface area (Å²) in [4.78, 5) is 10.1. The van der Waals surface area contributed by atoms with Gasteiger partial charge in [-0.3, -0.25) is 0 Å². The fourth-order valence-corrected chi connectivity index (χ4v) is 11.2. The number of hydrogen-bond donors (Lipinski definition) is 0. The van der Waals surface area contributed by atoms with E-state index in [-0.39, 0.29) is 0 Å². The molecule has 0 fully saturated rings. The molecule has 0 saturated carbocycles. The van der Waals surface area contributed by atoms with E-state index in [0.29, 0.717) is 5.82 Å². The normalized spacial score (nSPS) is 11.7. The average Bonchev–Trinajstić information content (AvgIpc) is 3.74. The zero-order chi connectivity index (χ0) is 40.8. The molecule has 0 saturated heterocycles. The van der Waals surface area contributed by atoms with Crippen molar-refractivity contribution in [3.8, 4) is 56.2 Å². The average molecular weight is 801 g/mol. The van der Waals surface area contributed by atoms with Crippen molar-refractivity contribution in [2.75, 3.05) is 0 Å². The highest BCUT2D eigenvalue weighted by Crippen LogP contribution is 2.45. The van der Waals surface area contributed by atoms with E-state index in [2.05, 4.69) is 103 Å². The fraction of sp³-hybridized carbons (Fsp3) is 0. The molecule has 5 heteroatoms. The van der Waals surface area contributed by atoms with E-state index in [1.807, 2.05) is 121 Å². The minimum Gasteiger partial charge on any atom is -0.455 e. The molecule has 0 amide bonds. The van der Waals surface area contributed by atoms with Crippen molar-refractivity contribution >= 4 is 55.8 Å². The van der Waals surface area contributed by atoms with Crippen LogP contribution in [-0.2, 0) is 4.57 Å². The molecule has 0 spiro atoms. The maximum Gasteiger partial charge on any atom is 0.171 e. The highest BCUT2D eigenvalue weighted by atomic mass is 31.2. The number of rotatable bonds is 8. The Labute approximate surface area is 353 Å². The van der Waals surface area contributed by atoms with Gasteiger partial charge in [0.2, 0.25) is 0 Å². The van der Waals surface area contributed by atoms with Gasteiger partial charge in [-0.2, -0.15) is 0 Å². The number of benzene rings is 9. The first-order valence-corrected chi connectivity index (χ1v) is 22.1. The molecule has 0 atom stereocenters. The van der Waals surface area contributed by atoms with Crippen LogP contribution in [0.25, 0.3) is 88.9 Å². The van der Waals surface area contributed by atoms with Gasteiger partial charge in [-0.25, -0.2) is 9.97 Å². The summed E-state index contributed by atoms with van der Waals surface area (Å²) in [6.45, 7) is 0. The van der Waals surface area contributed by atoms with Gasteiger partial charge in [0.25, 0.3) is 0 Å². The smallest absolute Gasteiger partial charge is 0.171 e. The van der Waals surface area contributed by atoms with Crippen molar-refractivity contribution < 1.29 is 8.98 Å². The summed E-state index contributed by atoms with van der Waals surface area (Å²) in [6.07, 6.45) is 0. The van der Waals surface area contributed by atoms with Crippen LogP contribution in [0.5, 0.6) is 0 Å². The molecule has 2 heterocycles. The Morgan fingerprint density at radius 3 is 1.46 bits per heavy atom. The van der Waals surface area contributed by atoms with Gasteiger partial charge in [-0.1, -0.05) is 206 Å². The Bertz CT molecular complexity index is 3300. The second-order valence-corrected chi connectivity index (χ2v) is 18.0. The van der Waals surface area contributed by atoms with Crippen LogP contribution >= 0.6 is 7.14 Å². The van der Waals surface area contributed by atoms with Crippen LogP contribution in [0.1, 0.15) is 0 Å². The SMILES string of the molecule is O=P(c1ccccc1)(c1ccccc1)c1ccc(-c2cccc3oc4c5ccccc5c(-c5ccc(-c6cc(-c7ccccc7)nc(-c7ccccc7)n6)cc5)cc4c23)cc1. The van der Waals surface area contributed by atoms with Gasteiger partial charge in [0.15, 0.2) is 13.0 Å². The number of aromatic nitrogens is 2. The molecule has 288 valence electrons. The lowest BCUT2D eigenvalue weighted by molar-refractivity contribution is 0.592. The molecule has 0 N–H and O–H groups in total. The van der Waals surface area contributed by atoms with Crippen LogP contribution in [-0.4, -0.2) is 9.97 Å². The molecule has 2 aromatic heterocycles. The van der Waals surface area contributed by atoms with Crippen molar-refractivity contribution in [1.29, 1.82) is 0 Å². The Kier molecular flexibility index (Phi) is 9.07. The maximum absolute atomic E-state index is 15.1. The third-order valence-corrected chi connectivity index (χ3v) is 14.7. The van der Waals surface area contributed by atoms with E-state index >= 15 is 4.57 Å². The molecule has 4 nitrogen and oxygen atoms in total. The standard InChI is InChI=1S/C56H37N2O2P/c59-61(43-20-9-3-10-21-43,44-22-11-4-12-23-44)45-34-32-38(33-35-45)46-26-15-27-53-54(46)50-36-49(47-24-13-14-25-48(47)55(50)60-53)39-28-30-41(31-29-39)52-37-51(40-16-5-1-6-17-40)57-56(58-52)42-18-7-2-8-19-42/h1-37H. The van der Waals surface area contributed by atoms with Crippen molar-refractivity contribution in [3.63, 3.8) is 0 Å². The predicted octanol–water partition coefficient (Wildman–Crippen LogP) is 13.5. The lowest BCUT2D eigenvalue weighted by Crippen LogP contribution is -2.24. The highest BCUT2D eigenvalue weighted by molar-refractivity contribution is 7.85. The van der Waals surface area contributed by atoms with Crippen LogP contribution in [0, 0.1) is 0 Å². The third kappa shape index (κ3) is 6.46. The molecule has 0 unspecified atom stereocenters. The molecule has 11 rings (SSSR count). The second kappa shape index (κ2) is 15.2. The second-order valence-electron chi connectivity index (χ2n) is 15.2. The van der Waals surface area contributed by atoms with Crippen LogP contribution in [0.4, 0.5) is 0 Å². The predicted molar refractivity (Wildman–Crippen MR) is 253 cm³/mol. The topological polar surface area (TPSA) is 56.0 Å². The Hall–Kier alpha value is -7.65. The van der Waals surface area contributed by atoms with Crippen molar-refractivity contribution in [3.05, 3.63) is 224 Å². The van der Waals surface area contributed by atoms with Crippen LogP contribution in [0.2, 0.25) is 0 Å². The van der Waals surface area contributed by atoms with E-state index in [9.17, 15) is 0 Å². The first-order chi connectivity index (χ1) is 30.1. The van der Waals surface area contributed by atoms with Gasteiger partial charge in [-0.05, 0) is 45.8 Å². The minimum absolute atomic E-state index is 0.691. The summed E-state index contributed by atoms with van der Waals surface area (Å²) in [6, 6.07) is 76.1. The Morgan fingerprint density at radius 2 is 0.836 bits per heavy atom. The number of hydrogen-bond acceptors (Lipinski definition) is 4. The summed E-state index contributed by atoms with van der Waals surface area (Å²) in [5.74, 6) is 0.691. The summed E-state index contributed by atoms with van der Waals surface area (Å²) in [7, 11) is -3.11. The zero-order valence-electron chi connectivity index (χ0n) is 33.0. The van der Waals surface area contributed by atoms with E-state index in [1.54, 1.807) is 0 Å². The van der Waals surface area contributed by atoms with Gasteiger partial charge in [0.1, 0.15) is 11.2 Å². The van der Waals surface area contributed by atoms with Gasteiger partial charge in [0, 0.05) is 48.8 Å². The Morgan fingerprint density at radius 1 is 0.361 bits per heavy atom. The summed E-state index contributed by atoms with van der Waals surface area (Å²) < 4.78 is 21.9. The number of furan rings is 1. The largest absolute Gasteiger partial charge is 0.455 e. The van der Waals surface area contributed by atoms with Gasteiger partial charge >= 0.3 is 0 Å². The molecular weight excluding hydrogens is 764 g/mol. The third-order valence-electron chi connectivity index (χ3n) is 11.6. The highest BCUT2D eigenvalue weighted by Gasteiger charge is 2.29. The van der Waals surface area contributed by atoms with Crippen molar-refractivity contribution in [2.24, 2.45) is 0 Å². The Balaban J connectivity index is 1.02. The summed E-state index contributed by atoms with van der Waals surface area (Å²) >= 11 is 0. The summed E-state index contributed by atoms with van der Waals surface area (Å²) in [5.41, 5.74) is 10.7. The quantitative estimate of drug-likeness (QED) is 0.144. The van der Waals surface area contributed by atoms with Crippen LogP contribution < -0.4 is 15.9 Å². The molecular formula is C56H37N2O2P. The molecule has 0 aliphatic rings. The van der Waals surface area contributed by atoms with Gasteiger partial charge < -0.3 is 8.98 Å². The molecule has 0 aliphatic heterocycles. The van der Waals surface area contributed by atoms with E-state index in [0.717, 1.165) is 99.0 Å². The maximum atomic E-state index is 15.1. The van der Waals surface area contributed by atoms with E-state index in [4.69, 9.17) is 14.4 Å². The van der Waals surface area contributed by atoms with Crippen LogP contribution in [0.3, 0.4) is 0 Å². The first-order valence-electron chi connectivity index (χ1n) is 20.4.